The van der Waals surface area contributed by atoms with Crippen LogP contribution in [-0.2, 0) is 5.41 Å². The molecule has 0 N–H and O–H groups in total. The Morgan fingerprint density at radius 2 is 1.60 bits per heavy atom. The van der Waals surface area contributed by atoms with Gasteiger partial charge in [-0.15, -0.1) is 0 Å². The van der Waals surface area contributed by atoms with Crippen LogP contribution in [0.5, 0.6) is 0 Å². The molecule has 2 aromatic carbocycles. The van der Waals surface area contributed by atoms with Crippen LogP contribution in [0.4, 0.5) is 0 Å². The standard InChI is InChI=1S/C19H22O/c1-12(2)17-14(19(3,4)5)10-11-16-18(17)13-8-6-7-9-15(13)20-16/h6-12H,1-5H3. The molecular weight excluding hydrogens is 244 g/mol. The average Bonchev–Trinajstić information content (AvgIpc) is 2.74. The molecule has 0 bridgehead atoms. The van der Waals surface area contributed by atoms with Gasteiger partial charge in [-0.25, -0.2) is 0 Å². The molecular formula is C19H22O. The minimum absolute atomic E-state index is 0.145. The molecule has 104 valence electrons. The molecule has 0 atom stereocenters. The summed E-state index contributed by atoms with van der Waals surface area (Å²) < 4.78 is 6.01. The van der Waals surface area contributed by atoms with Crippen molar-refractivity contribution in [1.29, 1.82) is 0 Å². The first-order chi connectivity index (χ1) is 9.39. The number of rotatable bonds is 1. The maximum atomic E-state index is 6.01. The zero-order chi connectivity index (χ0) is 14.5. The molecule has 0 radical (unpaired) electrons. The van der Waals surface area contributed by atoms with E-state index in [0.29, 0.717) is 5.92 Å². The smallest absolute Gasteiger partial charge is 0.135 e. The predicted molar refractivity (Wildman–Crippen MR) is 86.5 cm³/mol. The molecule has 0 aliphatic rings. The van der Waals surface area contributed by atoms with Crippen LogP contribution in [0.3, 0.4) is 0 Å². The molecule has 0 spiro atoms. The lowest BCUT2D eigenvalue weighted by Gasteiger charge is -2.25. The van der Waals surface area contributed by atoms with E-state index in [1.807, 2.05) is 6.07 Å². The Morgan fingerprint density at radius 3 is 2.25 bits per heavy atom. The molecule has 0 unspecified atom stereocenters. The van der Waals surface area contributed by atoms with Gasteiger partial charge in [0.15, 0.2) is 0 Å². The van der Waals surface area contributed by atoms with Crippen LogP contribution in [0.25, 0.3) is 21.9 Å². The van der Waals surface area contributed by atoms with Gasteiger partial charge in [0.2, 0.25) is 0 Å². The van der Waals surface area contributed by atoms with E-state index in [4.69, 9.17) is 4.42 Å². The molecule has 0 saturated heterocycles. The number of para-hydroxylation sites is 1. The van der Waals surface area contributed by atoms with Gasteiger partial charge >= 0.3 is 0 Å². The fourth-order valence-electron chi connectivity index (χ4n) is 3.10. The highest BCUT2D eigenvalue weighted by Gasteiger charge is 2.23. The van der Waals surface area contributed by atoms with Gasteiger partial charge in [-0.1, -0.05) is 58.9 Å². The first kappa shape index (κ1) is 13.2. The van der Waals surface area contributed by atoms with Crippen molar-refractivity contribution in [3.05, 3.63) is 47.5 Å². The Labute approximate surface area is 120 Å². The SMILES string of the molecule is CC(C)c1c(C(C)(C)C)ccc2oc3ccccc3c12. The largest absolute Gasteiger partial charge is 0.456 e. The zero-order valence-corrected chi connectivity index (χ0v) is 12.9. The summed E-state index contributed by atoms with van der Waals surface area (Å²) in [7, 11) is 0. The van der Waals surface area contributed by atoms with Crippen molar-refractivity contribution in [1.82, 2.24) is 0 Å². The van der Waals surface area contributed by atoms with Crippen molar-refractivity contribution in [2.45, 2.75) is 46.0 Å². The maximum Gasteiger partial charge on any atom is 0.135 e. The second kappa shape index (κ2) is 4.37. The summed E-state index contributed by atoms with van der Waals surface area (Å²) in [6, 6.07) is 12.7. The maximum absolute atomic E-state index is 6.01. The summed E-state index contributed by atoms with van der Waals surface area (Å²) in [4.78, 5) is 0. The molecule has 1 nitrogen and oxygen atoms in total. The van der Waals surface area contributed by atoms with E-state index < -0.39 is 0 Å². The zero-order valence-electron chi connectivity index (χ0n) is 12.9. The highest BCUT2D eigenvalue weighted by molar-refractivity contribution is 6.07. The fraction of sp³-hybridized carbons (Fsp3) is 0.368. The molecule has 3 aromatic rings. The van der Waals surface area contributed by atoms with Crippen molar-refractivity contribution in [2.24, 2.45) is 0 Å². The molecule has 0 amide bonds. The third kappa shape index (κ3) is 1.93. The molecule has 3 rings (SSSR count). The molecule has 0 saturated carbocycles. The van der Waals surface area contributed by atoms with E-state index >= 15 is 0 Å². The number of hydrogen-bond acceptors (Lipinski definition) is 1. The van der Waals surface area contributed by atoms with Crippen LogP contribution < -0.4 is 0 Å². The van der Waals surface area contributed by atoms with Gasteiger partial charge in [0, 0.05) is 10.8 Å². The Balaban J connectivity index is 2.51. The van der Waals surface area contributed by atoms with Crippen LogP contribution in [0.2, 0.25) is 0 Å². The highest BCUT2D eigenvalue weighted by Crippen LogP contribution is 2.40. The molecule has 0 aliphatic carbocycles. The number of furan rings is 1. The third-order valence-electron chi connectivity index (χ3n) is 3.97. The van der Waals surface area contributed by atoms with Crippen molar-refractivity contribution in [3.8, 4) is 0 Å². The van der Waals surface area contributed by atoms with E-state index in [-0.39, 0.29) is 5.41 Å². The van der Waals surface area contributed by atoms with E-state index in [2.05, 4.69) is 65.0 Å². The summed E-state index contributed by atoms with van der Waals surface area (Å²) in [5.41, 5.74) is 4.98. The van der Waals surface area contributed by atoms with Crippen molar-refractivity contribution in [3.63, 3.8) is 0 Å². The number of fused-ring (bicyclic) bond motifs is 3. The number of hydrogen-bond donors (Lipinski definition) is 0. The lowest BCUT2D eigenvalue weighted by molar-refractivity contribution is 0.578. The topological polar surface area (TPSA) is 13.1 Å². The Bertz CT molecular complexity index is 769. The quantitative estimate of drug-likeness (QED) is 0.526. The summed E-state index contributed by atoms with van der Waals surface area (Å²) in [5.74, 6) is 0.480. The van der Waals surface area contributed by atoms with Crippen molar-refractivity contribution in [2.75, 3.05) is 0 Å². The van der Waals surface area contributed by atoms with Crippen LogP contribution in [0.1, 0.15) is 51.7 Å². The first-order valence-electron chi connectivity index (χ1n) is 7.34. The van der Waals surface area contributed by atoms with E-state index in [1.165, 1.54) is 21.9 Å². The first-order valence-corrected chi connectivity index (χ1v) is 7.34. The van der Waals surface area contributed by atoms with E-state index in [0.717, 1.165) is 11.2 Å². The van der Waals surface area contributed by atoms with Crippen LogP contribution >= 0.6 is 0 Å². The lowest BCUT2D eigenvalue weighted by Crippen LogP contribution is -2.15. The molecule has 0 fully saturated rings. The highest BCUT2D eigenvalue weighted by atomic mass is 16.3. The van der Waals surface area contributed by atoms with Crippen molar-refractivity contribution < 1.29 is 4.42 Å². The summed E-state index contributed by atoms with van der Waals surface area (Å²) in [6.45, 7) is 11.4. The molecule has 1 heterocycles. The Morgan fingerprint density at radius 1 is 0.900 bits per heavy atom. The van der Waals surface area contributed by atoms with E-state index in [1.54, 1.807) is 0 Å². The summed E-state index contributed by atoms with van der Waals surface area (Å²) in [6.07, 6.45) is 0. The van der Waals surface area contributed by atoms with Gasteiger partial charge in [-0.05, 0) is 34.6 Å². The summed E-state index contributed by atoms with van der Waals surface area (Å²) in [5, 5.41) is 2.53. The van der Waals surface area contributed by atoms with Gasteiger partial charge in [0.05, 0.1) is 0 Å². The van der Waals surface area contributed by atoms with Crippen molar-refractivity contribution >= 4 is 21.9 Å². The molecule has 20 heavy (non-hydrogen) atoms. The second-order valence-corrected chi connectivity index (χ2v) is 6.90. The fourth-order valence-corrected chi connectivity index (χ4v) is 3.10. The van der Waals surface area contributed by atoms with Gasteiger partial charge in [-0.3, -0.25) is 0 Å². The summed E-state index contributed by atoms with van der Waals surface area (Å²) >= 11 is 0. The third-order valence-corrected chi connectivity index (χ3v) is 3.97. The minimum Gasteiger partial charge on any atom is -0.456 e. The van der Waals surface area contributed by atoms with Gasteiger partial charge in [0.1, 0.15) is 11.2 Å². The monoisotopic (exact) mass is 266 g/mol. The van der Waals surface area contributed by atoms with Gasteiger partial charge in [-0.2, -0.15) is 0 Å². The second-order valence-electron chi connectivity index (χ2n) is 6.90. The van der Waals surface area contributed by atoms with E-state index in [9.17, 15) is 0 Å². The molecule has 1 aromatic heterocycles. The predicted octanol–water partition coefficient (Wildman–Crippen LogP) is 6.01. The van der Waals surface area contributed by atoms with Gasteiger partial charge < -0.3 is 4.42 Å². The van der Waals surface area contributed by atoms with Crippen LogP contribution in [0.15, 0.2) is 40.8 Å². The van der Waals surface area contributed by atoms with Crippen LogP contribution in [-0.4, -0.2) is 0 Å². The minimum atomic E-state index is 0.145. The Hall–Kier alpha value is -1.76. The van der Waals surface area contributed by atoms with Crippen LogP contribution in [0, 0.1) is 0 Å². The molecule has 1 heteroatoms. The van der Waals surface area contributed by atoms with Gasteiger partial charge in [0.25, 0.3) is 0 Å². The lowest BCUT2D eigenvalue weighted by atomic mass is 9.79. The Kier molecular flexibility index (Phi) is 2.89. The number of benzene rings is 2. The molecule has 0 aliphatic heterocycles. The normalized spacial score (nSPS) is 12.7. The average molecular weight is 266 g/mol.